The standard InChI is InChI=1S/C24H27ClN6O3/c1-33-17-10-19-18(20(25)13-28-23(19)27-12-17)6-9-31-7-4-15(5-8-31)26-11-16-2-3-21-24(29-16)30-22(32)14-34-21/h2-3,10,12-13,15,26H,4-9,11,14H2,1H3,(H,29,30,32). The fourth-order valence-electron chi connectivity index (χ4n) is 4.44. The summed E-state index contributed by atoms with van der Waals surface area (Å²) in [6, 6.07) is 6.18. The first-order valence-electron chi connectivity index (χ1n) is 11.4. The van der Waals surface area contributed by atoms with Crippen LogP contribution in [0.1, 0.15) is 24.1 Å². The van der Waals surface area contributed by atoms with Gasteiger partial charge in [-0.05, 0) is 56.1 Å². The molecule has 3 aromatic rings. The van der Waals surface area contributed by atoms with Crippen molar-refractivity contribution in [2.75, 3.05) is 38.7 Å². The molecule has 0 spiro atoms. The van der Waals surface area contributed by atoms with Gasteiger partial charge < -0.3 is 25.0 Å². The second-order valence-corrected chi connectivity index (χ2v) is 8.97. The lowest BCUT2D eigenvalue weighted by molar-refractivity contribution is -0.118. The average molecular weight is 483 g/mol. The van der Waals surface area contributed by atoms with Gasteiger partial charge in [-0.2, -0.15) is 0 Å². The quantitative estimate of drug-likeness (QED) is 0.530. The number of nitrogens with zero attached hydrogens (tertiary/aromatic N) is 4. The molecule has 9 nitrogen and oxygen atoms in total. The summed E-state index contributed by atoms with van der Waals surface area (Å²) in [5.41, 5.74) is 2.63. The predicted octanol–water partition coefficient (Wildman–Crippen LogP) is 2.81. The van der Waals surface area contributed by atoms with E-state index < -0.39 is 0 Å². The Morgan fingerprint density at radius 3 is 2.91 bits per heavy atom. The lowest BCUT2D eigenvalue weighted by Gasteiger charge is -2.32. The Labute approximate surface area is 202 Å². The number of piperidine rings is 1. The third kappa shape index (κ3) is 5.06. The minimum Gasteiger partial charge on any atom is -0.495 e. The number of pyridine rings is 3. The van der Waals surface area contributed by atoms with Gasteiger partial charge in [0.1, 0.15) is 5.75 Å². The number of carbonyl (C=O) groups excluding carboxylic acids is 1. The molecule has 0 unspecified atom stereocenters. The van der Waals surface area contributed by atoms with Crippen molar-refractivity contribution in [1.29, 1.82) is 0 Å². The minimum atomic E-state index is -0.172. The highest BCUT2D eigenvalue weighted by atomic mass is 35.5. The molecule has 2 N–H and O–H groups in total. The largest absolute Gasteiger partial charge is 0.495 e. The minimum absolute atomic E-state index is 0.0412. The lowest BCUT2D eigenvalue weighted by atomic mass is 10.0. The van der Waals surface area contributed by atoms with Crippen molar-refractivity contribution in [2.45, 2.75) is 31.8 Å². The van der Waals surface area contributed by atoms with Crippen LogP contribution in [0.4, 0.5) is 5.82 Å². The van der Waals surface area contributed by atoms with Crippen LogP contribution in [-0.4, -0.2) is 65.2 Å². The van der Waals surface area contributed by atoms with Gasteiger partial charge in [-0.15, -0.1) is 0 Å². The summed E-state index contributed by atoms with van der Waals surface area (Å²) < 4.78 is 10.7. The van der Waals surface area contributed by atoms with Crippen LogP contribution >= 0.6 is 11.6 Å². The van der Waals surface area contributed by atoms with Gasteiger partial charge in [0, 0.05) is 30.7 Å². The Kier molecular flexibility index (Phi) is 6.75. The third-order valence-corrected chi connectivity index (χ3v) is 6.69. The van der Waals surface area contributed by atoms with E-state index in [1.54, 1.807) is 19.5 Å². The highest BCUT2D eigenvalue weighted by molar-refractivity contribution is 6.32. The zero-order valence-electron chi connectivity index (χ0n) is 19.0. The zero-order valence-corrected chi connectivity index (χ0v) is 19.8. The second-order valence-electron chi connectivity index (χ2n) is 8.56. The Morgan fingerprint density at radius 1 is 1.26 bits per heavy atom. The predicted molar refractivity (Wildman–Crippen MR) is 129 cm³/mol. The third-order valence-electron chi connectivity index (χ3n) is 6.36. The molecule has 2 aliphatic rings. The normalized spacial score (nSPS) is 16.7. The number of nitrogens with one attached hydrogen (secondary N) is 2. The summed E-state index contributed by atoms with van der Waals surface area (Å²) >= 11 is 6.49. The van der Waals surface area contributed by atoms with Gasteiger partial charge in [0.05, 0.1) is 24.0 Å². The van der Waals surface area contributed by atoms with E-state index in [9.17, 15) is 4.79 Å². The van der Waals surface area contributed by atoms with Gasteiger partial charge >= 0.3 is 0 Å². The summed E-state index contributed by atoms with van der Waals surface area (Å²) in [6.45, 7) is 3.65. The summed E-state index contributed by atoms with van der Waals surface area (Å²) in [4.78, 5) is 27.2. The van der Waals surface area contributed by atoms with Crippen LogP contribution in [0.25, 0.3) is 11.0 Å². The Balaban J connectivity index is 1.13. The maximum absolute atomic E-state index is 11.5. The summed E-state index contributed by atoms with van der Waals surface area (Å²) in [6.07, 6.45) is 6.31. The van der Waals surface area contributed by atoms with Crippen LogP contribution in [0, 0.1) is 0 Å². The first-order chi connectivity index (χ1) is 16.6. The Hall–Kier alpha value is -3.01. The van der Waals surface area contributed by atoms with E-state index in [0.717, 1.165) is 55.5 Å². The molecule has 5 heterocycles. The number of hydrogen-bond acceptors (Lipinski definition) is 8. The van der Waals surface area contributed by atoms with E-state index >= 15 is 0 Å². The number of anilines is 1. The maximum atomic E-state index is 11.5. The molecule has 10 heteroatoms. The van der Waals surface area contributed by atoms with Crippen LogP contribution in [-0.2, 0) is 17.8 Å². The number of carbonyl (C=O) groups is 1. The molecule has 1 amide bonds. The highest BCUT2D eigenvalue weighted by Crippen LogP contribution is 2.28. The number of hydrogen-bond donors (Lipinski definition) is 2. The maximum Gasteiger partial charge on any atom is 0.263 e. The molecule has 0 bridgehead atoms. The number of halogens is 1. The van der Waals surface area contributed by atoms with Gasteiger partial charge in [-0.1, -0.05) is 11.6 Å². The van der Waals surface area contributed by atoms with Crippen LogP contribution in [0.3, 0.4) is 0 Å². The highest BCUT2D eigenvalue weighted by Gasteiger charge is 2.21. The van der Waals surface area contributed by atoms with Crippen molar-refractivity contribution >= 4 is 34.4 Å². The Morgan fingerprint density at radius 2 is 2.09 bits per heavy atom. The van der Waals surface area contributed by atoms with Crippen LogP contribution in [0.15, 0.2) is 30.6 Å². The Bertz CT molecular complexity index is 1200. The molecule has 1 saturated heterocycles. The summed E-state index contributed by atoms with van der Waals surface area (Å²) in [5, 5.41) is 7.97. The summed E-state index contributed by atoms with van der Waals surface area (Å²) in [7, 11) is 1.63. The van der Waals surface area contributed by atoms with Crippen molar-refractivity contribution in [2.24, 2.45) is 0 Å². The van der Waals surface area contributed by atoms with Crippen LogP contribution in [0.2, 0.25) is 5.02 Å². The van der Waals surface area contributed by atoms with Gasteiger partial charge in [0.2, 0.25) is 0 Å². The van der Waals surface area contributed by atoms with Crippen molar-refractivity contribution in [1.82, 2.24) is 25.2 Å². The number of likely N-dealkylation sites (tertiary alicyclic amines) is 1. The van der Waals surface area contributed by atoms with Crippen LogP contribution < -0.4 is 20.1 Å². The van der Waals surface area contributed by atoms with E-state index in [2.05, 4.69) is 30.5 Å². The fourth-order valence-corrected chi connectivity index (χ4v) is 4.68. The smallest absolute Gasteiger partial charge is 0.263 e. The molecule has 178 valence electrons. The summed E-state index contributed by atoms with van der Waals surface area (Å²) in [5.74, 6) is 1.65. The number of ether oxygens (including phenoxy) is 2. The topological polar surface area (TPSA) is 102 Å². The molecule has 34 heavy (non-hydrogen) atoms. The van der Waals surface area contributed by atoms with E-state index in [1.165, 1.54) is 0 Å². The van der Waals surface area contributed by atoms with Crippen molar-refractivity contribution in [3.05, 3.63) is 46.9 Å². The molecule has 0 atom stereocenters. The second kappa shape index (κ2) is 10.1. The molecule has 2 aliphatic heterocycles. The van der Waals surface area contributed by atoms with Crippen molar-refractivity contribution < 1.29 is 14.3 Å². The fraction of sp³-hybridized carbons (Fsp3) is 0.417. The zero-order chi connectivity index (χ0) is 23.5. The molecule has 0 aliphatic carbocycles. The van der Waals surface area contributed by atoms with Gasteiger partial charge in [-0.25, -0.2) is 15.0 Å². The van der Waals surface area contributed by atoms with E-state index in [0.29, 0.717) is 40.6 Å². The van der Waals surface area contributed by atoms with E-state index in [1.807, 2.05) is 18.2 Å². The number of amides is 1. The first kappa shape index (κ1) is 22.8. The number of methoxy groups -OCH3 is 1. The van der Waals surface area contributed by atoms with E-state index in [-0.39, 0.29) is 12.5 Å². The molecule has 0 saturated carbocycles. The van der Waals surface area contributed by atoms with Crippen molar-refractivity contribution in [3.8, 4) is 11.5 Å². The molecule has 1 fully saturated rings. The van der Waals surface area contributed by atoms with Gasteiger partial charge in [0.15, 0.2) is 23.8 Å². The van der Waals surface area contributed by atoms with Gasteiger partial charge in [-0.3, -0.25) is 4.79 Å². The molecule has 0 aromatic carbocycles. The number of rotatable bonds is 7. The van der Waals surface area contributed by atoms with Gasteiger partial charge in [0.25, 0.3) is 5.91 Å². The molecular formula is C24H27ClN6O3. The molecule has 3 aromatic heterocycles. The van der Waals surface area contributed by atoms with E-state index in [4.69, 9.17) is 21.1 Å². The number of aromatic nitrogens is 3. The monoisotopic (exact) mass is 482 g/mol. The van der Waals surface area contributed by atoms with Crippen LogP contribution in [0.5, 0.6) is 11.5 Å². The lowest BCUT2D eigenvalue weighted by Crippen LogP contribution is -2.43. The average Bonchev–Trinajstić information content (AvgIpc) is 2.87. The molecular weight excluding hydrogens is 456 g/mol. The molecule has 0 radical (unpaired) electrons. The first-order valence-corrected chi connectivity index (χ1v) is 11.8. The number of fused-ring (bicyclic) bond motifs is 2. The molecule has 5 rings (SSSR count). The SMILES string of the molecule is COc1cnc2ncc(Cl)c(CCN3CCC(NCc4ccc5c(n4)NC(=O)CO5)CC3)c2c1. The van der Waals surface area contributed by atoms with Crippen molar-refractivity contribution in [3.63, 3.8) is 0 Å².